The number of methoxy groups -OCH3 is 1. The summed E-state index contributed by atoms with van der Waals surface area (Å²) in [5.74, 6) is -1.54. The molecule has 2 aromatic rings. The summed E-state index contributed by atoms with van der Waals surface area (Å²) in [6.45, 7) is 1.90. The molecule has 24 heavy (non-hydrogen) atoms. The van der Waals surface area contributed by atoms with Gasteiger partial charge >= 0.3 is 5.97 Å². The molecule has 0 aliphatic rings. The summed E-state index contributed by atoms with van der Waals surface area (Å²) in [5, 5.41) is 0. The normalized spacial score (nSPS) is 9.96. The fourth-order valence-corrected chi connectivity index (χ4v) is 2.28. The molecule has 0 spiro atoms. The highest BCUT2D eigenvalue weighted by Gasteiger charge is 2.12. The standard InChI is InChI=1S/C17H15BrN2O4/c1-10-6-7-12(9-14(10)18)16(22)20-19-15(21)11-4-3-5-13(8-11)17(23)24-2/h3-9H,1-2H3,(H,19,21)(H,20,22). The first-order valence-electron chi connectivity index (χ1n) is 6.97. The van der Waals surface area contributed by atoms with Gasteiger partial charge in [0.1, 0.15) is 0 Å². The second-order valence-corrected chi connectivity index (χ2v) is 5.80. The van der Waals surface area contributed by atoms with Crippen molar-refractivity contribution in [1.29, 1.82) is 0 Å². The Bertz CT molecular complexity index is 805. The Morgan fingerprint density at radius 3 is 2.08 bits per heavy atom. The van der Waals surface area contributed by atoms with Gasteiger partial charge in [-0.25, -0.2) is 4.79 Å². The van der Waals surface area contributed by atoms with Crippen LogP contribution in [0.5, 0.6) is 0 Å². The van der Waals surface area contributed by atoms with Crippen LogP contribution in [0.2, 0.25) is 0 Å². The van der Waals surface area contributed by atoms with Gasteiger partial charge in [-0.05, 0) is 42.8 Å². The van der Waals surface area contributed by atoms with E-state index in [0.29, 0.717) is 5.56 Å². The molecule has 0 aliphatic heterocycles. The van der Waals surface area contributed by atoms with E-state index < -0.39 is 17.8 Å². The molecule has 0 aromatic heterocycles. The molecule has 0 fully saturated rings. The van der Waals surface area contributed by atoms with Crippen molar-refractivity contribution in [2.75, 3.05) is 7.11 Å². The van der Waals surface area contributed by atoms with Crippen molar-refractivity contribution in [3.8, 4) is 0 Å². The Morgan fingerprint density at radius 2 is 1.50 bits per heavy atom. The summed E-state index contributed by atoms with van der Waals surface area (Å²) in [6, 6.07) is 11.1. The van der Waals surface area contributed by atoms with Crippen molar-refractivity contribution in [2.24, 2.45) is 0 Å². The molecule has 0 unspecified atom stereocenters. The number of ether oxygens (including phenoxy) is 1. The molecule has 2 rings (SSSR count). The van der Waals surface area contributed by atoms with Crippen LogP contribution < -0.4 is 10.9 Å². The van der Waals surface area contributed by atoms with Crippen LogP contribution in [0.4, 0.5) is 0 Å². The Balaban J connectivity index is 2.03. The molecule has 0 saturated carbocycles. The van der Waals surface area contributed by atoms with E-state index in [2.05, 4.69) is 31.5 Å². The fraction of sp³-hybridized carbons (Fsp3) is 0.118. The first kappa shape index (κ1) is 17.7. The maximum Gasteiger partial charge on any atom is 0.337 e. The van der Waals surface area contributed by atoms with Crippen molar-refractivity contribution in [3.05, 3.63) is 69.2 Å². The van der Waals surface area contributed by atoms with Gasteiger partial charge in [-0.15, -0.1) is 0 Å². The van der Waals surface area contributed by atoms with Crippen molar-refractivity contribution in [2.45, 2.75) is 6.92 Å². The van der Waals surface area contributed by atoms with Crippen LogP contribution in [-0.2, 0) is 4.74 Å². The van der Waals surface area contributed by atoms with Crippen LogP contribution in [0, 0.1) is 6.92 Å². The number of rotatable bonds is 3. The monoisotopic (exact) mass is 390 g/mol. The van der Waals surface area contributed by atoms with Crippen molar-refractivity contribution in [3.63, 3.8) is 0 Å². The quantitative estimate of drug-likeness (QED) is 0.623. The molecular formula is C17H15BrN2O4. The SMILES string of the molecule is COC(=O)c1cccc(C(=O)NNC(=O)c2ccc(C)c(Br)c2)c1. The van der Waals surface area contributed by atoms with Gasteiger partial charge in [0.05, 0.1) is 12.7 Å². The number of hydrogen-bond donors (Lipinski definition) is 2. The Labute approximate surface area is 147 Å². The molecule has 0 radical (unpaired) electrons. The minimum Gasteiger partial charge on any atom is -0.465 e. The highest BCUT2D eigenvalue weighted by atomic mass is 79.9. The smallest absolute Gasteiger partial charge is 0.337 e. The van der Waals surface area contributed by atoms with Gasteiger partial charge in [-0.2, -0.15) is 0 Å². The van der Waals surface area contributed by atoms with Gasteiger partial charge in [0.15, 0.2) is 0 Å². The minimum atomic E-state index is -0.543. The molecular weight excluding hydrogens is 376 g/mol. The zero-order valence-electron chi connectivity index (χ0n) is 13.1. The lowest BCUT2D eigenvalue weighted by Gasteiger charge is -2.09. The number of hydrazine groups is 1. The first-order valence-corrected chi connectivity index (χ1v) is 7.77. The summed E-state index contributed by atoms with van der Waals surface area (Å²) >= 11 is 3.35. The number of carbonyl (C=O) groups is 3. The third-order valence-electron chi connectivity index (χ3n) is 3.27. The van der Waals surface area contributed by atoms with Gasteiger partial charge < -0.3 is 4.74 Å². The summed E-state index contributed by atoms with van der Waals surface area (Å²) < 4.78 is 5.40. The molecule has 0 heterocycles. The molecule has 0 bridgehead atoms. The molecule has 0 saturated heterocycles. The van der Waals surface area contributed by atoms with Crippen molar-refractivity contribution in [1.82, 2.24) is 10.9 Å². The van der Waals surface area contributed by atoms with Crippen LogP contribution in [-0.4, -0.2) is 24.9 Å². The number of halogens is 1. The topological polar surface area (TPSA) is 84.5 Å². The van der Waals surface area contributed by atoms with Gasteiger partial charge in [0.25, 0.3) is 11.8 Å². The van der Waals surface area contributed by atoms with Gasteiger partial charge in [0, 0.05) is 15.6 Å². The van der Waals surface area contributed by atoms with Crippen LogP contribution in [0.1, 0.15) is 36.6 Å². The number of amides is 2. The average Bonchev–Trinajstić information content (AvgIpc) is 2.61. The van der Waals surface area contributed by atoms with Crippen LogP contribution in [0.25, 0.3) is 0 Å². The summed E-state index contributed by atoms with van der Waals surface area (Å²) in [6.07, 6.45) is 0. The Morgan fingerprint density at radius 1 is 0.917 bits per heavy atom. The largest absolute Gasteiger partial charge is 0.465 e. The molecule has 0 atom stereocenters. The van der Waals surface area contributed by atoms with Crippen LogP contribution >= 0.6 is 15.9 Å². The highest BCUT2D eigenvalue weighted by Crippen LogP contribution is 2.17. The molecule has 2 aromatic carbocycles. The van der Waals surface area contributed by atoms with E-state index in [1.807, 2.05) is 6.92 Å². The number of hydrogen-bond acceptors (Lipinski definition) is 4. The third kappa shape index (κ3) is 4.20. The lowest BCUT2D eigenvalue weighted by molar-refractivity contribution is 0.0600. The zero-order valence-corrected chi connectivity index (χ0v) is 14.6. The van der Waals surface area contributed by atoms with E-state index in [1.54, 1.807) is 24.3 Å². The highest BCUT2D eigenvalue weighted by molar-refractivity contribution is 9.10. The zero-order chi connectivity index (χ0) is 17.7. The predicted molar refractivity (Wildman–Crippen MR) is 91.6 cm³/mol. The van der Waals surface area contributed by atoms with Gasteiger partial charge in [0.2, 0.25) is 0 Å². The van der Waals surface area contributed by atoms with E-state index in [4.69, 9.17) is 0 Å². The maximum absolute atomic E-state index is 12.1. The summed E-state index contributed by atoms with van der Waals surface area (Å²) in [5.41, 5.74) is 6.51. The predicted octanol–water partition coefficient (Wildman–Crippen LogP) is 2.62. The van der Waals surface area contributed by atoms with E-state index in [-0.39, 0.29) is 11.1 Å². The van der Waals surface area contributed by atoms with E-state index in [0.717, 1.165) is 10.0 Å². The lowest BCUT2D eigenvalue weighted by atomic mass is 10.1. The van der Waals surface area contributed by atoms with Crippen molar-refractivity contribution >= 4 is 33.7 Å². The molecule has 2 amide bonds. The molecule has 7 heteroatoms. The molecule has 0 aliphatic carbocycles. The van der Waals surface area contributed by atoms with Crippen LogP contribution in [0.15, 0.2) is 46.9 Å². The number of esters is 1. The van der Waals surface area contributed by atoms with E-state index in [1.165, 1.54) is 25.3 Å². The number of carbonyl (C=O) groups excluding carboxylic acids is 3. The van der Waals surface area contributed by atoms with Gasteiger partial charge in [-0.1, -0.05) is 28.1 Å². The average molecular weight is 391 g/mol. The molecule has 124 valence electrons. The number of aryl methyl sites for hydroxylation is 1. The second-order valence-electron chi connectivity index (χ2n) is 4.94. The van der Waals surface area contributed by atoms with Crippen molar-refractivity contribution < 1.29 is 19.1 Å². The number of nitrogens with one attached hydrogen (secondary N) is 2. The molecule has 2 N–H and O–H groups in total. The minimum absolute atomic E-state index is 0.225. The third-order valence-corrected chi connectivity index (χ3v) is 4.12. The summed E-state index contributed by atoms with van der Waals surface area (Å²) in [7, 11) is 1.26. The van der Waals surface area contributed by atoms with E-state index >= 15 is 0 Å². The summed E-state index contributed by atoms with van der Waals surface area (Å²) in [4.78, 5) is 35.6. The lowest BCUT2D eigenvalue weighted by Crippen LogP contribution is -2.41. The fourth-order valence-electron chi connectivity index (χ4n) is 1.90. The molecule has 6 nitrogen and oxygen atoms in total. The number of benzene rings is 2. The van der Waals surface area contributed by atoms with Crippen LogP contribution in [0.3, 0.4) is 0 Å². The Hall–Kier alpha value is -2.67. The first-order chi connectivity index (χ1) is 11.4. The second kappa shape index (κ2) is 7.74. The van der Waals surface area contributed by atoms with Gasteiger partial charge in [-0.3, -0.25) is 20.4 Å². The Kier molecular flexibility index (Phi) is 5.70. The van der Waals surface area contributed by atoms with E-state index in [9.17, 15) is 14.4 Å². The maximum atomic E-state index is 12.1.